The molecule has 0 amide bonds. The van der Waals surface area contributed by atoms with Crippen LogP contribution < -0.4 is 10.1 Å². The number of nitrogens with zero attached hydrogens (tertiary/aromatic N) is 2. The highest BCUT2D eigenvalue weighted by Crippen LogP contribution is 2.25. The smallest absolute Gasteiger partial charge is 0.205 e. The maximum absolute atomic E-state index is 13.5. The van der Waals surface area contributed by atoms with E-state index in [2.05, 4.69) is 15.5 Å². The highest BCUT2D eigenvalue weighted by atomic mass is 35.5. The van der Waals surface area contributed by atoms with Crippen molar-refractivity contribution in [3.05, 3.63) is 34.0 Å². The summed E-state index contributed by atoms with van der Waals surface area (Å²) in [5.41, 5.74) is 0. The summed E-state index contributed by atoms with van der Waals surface area (Å²) >= 11 is 7.02. The Morgan fingerprint density at radius 3 is 3.06 bits per heavy atom. The van der Waals surface area contributed by atoms with Gasteiger partial charge in [0.05, 0.1) is 5.02 Å². The van der Waals surface area contributed by atoms with Gasteiger partial charge in [0, 0.05) is 6.54 Å². The number of aromatic nitrogens is 2. The molecule has 0 aliphatic carbocycles. The Bertz CT molecular complexity index is 535. The largest absolute Gasteiger partial charge is 0.483 e. The van der Waals surface area contributed by atoms with Gasteiger partial charge in [0.1, 0.15) is 6.61 Å². The number of ether oxygens (including phenoxy) is 1. The van der Waals surface area contributed by atoms with Crippen LogP contribution in [-0.4, -0.2) is 16.7 Å². The molecule has 0 fully saturated rings. The van der Waals surface area contributed by atoms with E-state index in [9.17, 15) is 4.39 Å². The summed E-state index contributed by atoms with van der Waals surface area (Å²) < 4.78 is 18.8. The predicted molar refractivity (Wildman–Crippen MR) is 69.8 cm³/mol. The summed E-state index contributed by atoms with van der Waals surface area (Å²) in [6.45, 7) is 2.91. The van der Waals surface area contributed by atoms with Gasteiger partial charge in [-0.25, -0.2) is 4.39 Å². The van der Waals surface area contributed by atoms with Crippen LogP contribution in [0.4, 0.5) is 9.52 Å². The van der Waals surface area contributed by atoms with Gasteiger partial charge in [-0.3, -0.25) is 0 Å². The van der Waals surface area contributed by atoms with Crippen molar-refractivity contribution in [1.82, 2.24) is 10.2 Å². The molecule has 1 heterocycles. The minimum Gasteiger partial charge on any atom is -0.483 e. The second-order valence-electron chi connectivity index (χ2n) is 3.37. The molecule has 0 spiro atoms. The first-order valence-electron chi connectivity index (χ1n) is 5.33. The van der Waals surface area contributed by atoms with Crippen molar-refractivity contribution in [2.45, 2.75) is 13.5 Å². The summed E-state index contributed by atoms with van der Waals surface area (Å²) in [5, 5.41) is 12.3. The Balaban J connectivity index is 2.00. The Kier molecular flexibility index (Phi) is 4.33. The van der Waals surface area contributed by atoms with Gasteiger partial charge in [0.15, 0.2) is 16.6 Å². The van der Waals surface area contributed by atoms with Gasteiger partial charge in [0.25, 0.3) is 0 Å². The van der Waals surface area contributed by atoms with Crippen molar-refractivity contribution >= 4 is 28.1 Å². The quantitative estimate of drug-likeness (QED) is 0.916. The summed E-state index contributed by atoms with van der Waals surface area (Å²) in [5.74, 6) is -0.446. The van der Waals surface area contributed by atoms with E-state index in [1.165, 1.54) is 23.5 Å². The Morgan fingerprint density at radius 1 is 1.44 bits per heavy atom. The fraction of sp³-hybridized carbons (Fsp3) is 0.273. The standard InChI is InChI=1S/C11H11ClFN3OS/c1-2-14-11-16-15-9(18-11)6-17-8-5-3-4-7(12)10(8)13/h3-5H,2,6H2,1H3,(H,14,16). The van der Waals surface area contributed by atoms with Crippen LogP contribution in [0.5, 0.6) is 5.75 Å². The normalized spacial score (nSPS) is 10.4. The van der Waals surface area contributed by atoms with E-state index in [1.807, 2.05) is 6.92 Å². The maximum Gasteiger partial charge on any atom is 0.205 e. The molecule has 4 nitrogen and oxygen atoms in total. The molecule has 0 unspecified atom stereocenters. The topological polar surface area (TPSA) is 47.0 Å². The number of halogens is 2. The number of benzene rings is 1. The molecule has 2 aromatic rings. The van der Waals surface area contributed by atoms with Crippen LogP contribution in [0.1, 0.15) is 11.9 Å². The van der Waals surface area contributed by atoms with Gasteiger partial charge in [-0.2, -0.15) is 0 Å². The van der Waals surface area contributed by atoms with Crippen molar-refractivity contribution in [3.8, 4) is 5.75 Å². The van der Waals surface area contributed by atoms with Gasteiger partial charge >= 0.3 is 0 Å². The molecule has 1 aromatic heterocycles. The lowest BCUT2D eigenvalue weighted by Crippen LogP contribution is -1.97. The summed E-state index contributed by atoms with van der Waals surface area (Å²) in [6, 6.07) is 4.62. The van der Waals surface area contributed by atoms with Crippen LogP contribution in [-0.2, 0) is 6.61 Å². The summed E-state index contributed by atoms with van der Waals surface area (Å²) in [4.78, 5) is 0. The van der Waals surface area contributed by atoms with Crippen LogP contribution in [0, 0.1) is 5.82 Å². The van der Waals surface area contributed by atoms with Crippen molar-refractivity contribution in [2.24, 2.45) is 0 Å². The number of hydrogen-bond acceptors (Lipinski definition) is 5. The fourth-order valence-electron chi connectivity index (χ4n) is 1.27. The molecule has 0 radical (unpaired) electrons. The average molecular weight is 288 g/mol. The van der Waals surface area contributed by atoms with E-state index in [0.29, 0.717) is 5.01 Å². The van der Waals surface area contributed by atoms with E-state index in [0.717, 1.165) is 11.7 Å². The van der Waals surface area contributed by atoms with Crippen molar-refractivity contribution in [2.75, 3.05) is 11.9 Å². The van der Waals surface area contributed by atoms with E-state index in [1.54, 1.807) is 6.07 Å². The third kappa shape index (κ3) is 3.08. The van der Waals surface area contributed by atoms with Crippen molar-refractivity contribution in [1.29, 1.82) is 0 Å². The Hall–Kier alpha value is -1.40. The zero-order valence-electron chi connectivity index (χ0n) is 9.61. The van der Waals surface area contributed by atoms with Gasteiger partial charge in [-0.15, -0.1) is 10.2 Å². The molecule has 7 heteroatoms. The number of hydrogen-bond donors (Lipinski definition) is 1. The number of nitrogens with one attached hydrogen (secondary N) is 1. The minimum absolute atomic E-state index is 0.0399. The zero-order valence-corrected chi connectivity index (χ0v) is 11.2. The average Bonchev–Trinajstić information content (AvgIpc) is 2.79. The van der Waals surface area contributed by atoms with Crippen LogP contribution in [0.25, 0.3) is 0 Å². The molecule has 18 heavy (non-hydrogen) atoms. The predicted octanol–water partition coefficient (Wildman–Crippen LogP) is 3.34. The van der Waals surface area contributed by atoms with Crippen molar-refractivity contribution in [3.63, 3.8) is 0 Å². The molecule has 96 valence electrons. The molecule has 1 N–H and O–H groups in total. The monoisotopic (exact) mass is 287 g/mol. The van der Waals surface area contributed by atoms with Gasteiger partial charge in [-0.1, -0.05) is 29.0 Å². The third-order valence-corrected chi connectivity index (χ3v) is 3.21. The highest BCUT2D eigenvalue weighted by Gasteiger charge is 2.09. The molecular weight excluding hydrogens is 277 g/mol. The maximum atomic E-state index is 13.5. The van der Waals surface area contributed by atoms with Crippen LogP contribution in [0.3, 0.4) is 0 Å². The first kappa shape index (κ1) is 13.0. The second-order valence-corrected chi connectivity index (χ2v) is 4.84. The first-order valence-corrected chi connectivity index (χ1v) is 6.53. The molecule has 2 rings (SSSR count). The minimum atomic E-state index is -0.560. The van der Waals surface area contributed by atoms with Gasteiger partial charge in [0.2, 0.25) is 5.13 Å². The lowest BCUT2D eigenvalue weighted by atomic mass is 10.3. The fourth-order valence-corrected chi connectivity index (χ4v) is 2.16. The molecule has 1 aromatic carbocycles. The van der Waals surface area contributed by atoms with Crippen LogP contribution >= 0.6 is 22.9 Å². The van der Waals surface area contributed by atoms with Gasteiger partial charge < -0.3 is 10.1 Å². The highest BCUT2D eigenvalue weighted by molar-refractivity contribution is 7.15. The van der Waals surface area contributed by atoms with E-state index < -0.39 is 5.82 Å². The SMILES string of the molecule is CCNc1nnc(COc2cccc(Cl)c2F)s1. The van der Waals surface area contributed by atoms with E-state index >= 15 is 0 Å². The lowest BCUT2D eigenvalue weighted by molar-refractivity contribution is 0.289. The van der Waals surface area contributed by atoms with Gasteiger partial charge in [-0.05, 0) is 19.1 Å². The lowest BCUT2D eigenvalue weighted by Gasteiger charge is -2.05. The van der Waals surface area contributed by atoms with Crippen LogP contribution in [0.2, 0.25) is 5.02 Å². The first-order chi connectivity index (χ1) is 8.70. The number of anilines is 1. The molecule has 0 bridgehead atoms. The number of rotatable bonds is 5. The molecule has 0 saturated heterocycles. The van der Waals surface area contributed by atoms with E-state index in [-0.39, 0.29) is 17.4 Å². The van der Waals surface area contributed by atoms with E-state index in [4.69, 9.17) is 16.3 Å². The Labute approximate surface area is 113 Å². The molecule has 0 aliphatic heterocycles. The van der Waals surface area contributed by atoms with Crippen LogP contribution in [0.15, 0.2) is 18.2 Å². The molecule has 0 aliphatic rings. The Morgan fingerprint density at radius 2 is 2.28 bits per heavy atom. The molecular formula is C11H11ClFN3OS. The second kappa shape index (κ2) is 5.97. The molecule has 0 saturated carbocycles. The molecule has 0 atom stereocenters. The summed E-state index contributed by atoms with van der Waals surface area (Å²) in [6.07, 6.45) is 0. The summed E-state index contributed by atoms with van der Waals surface area (Å²) in [7, 11) is 0. The van der Waals surface area contributed by atoms with Crippen molar-refractivity contribution < 1.29 is 9.13 Å². The zero-order chi connectivity index (χ0) is 13.0. The third-order valence-electron chi connectivity index (χ3n) is 2.06.